The molecule has 0 spiro atoms. The minimum atomic E-state index is -0.439. The lowest BCUT2D eigenvalue weighted by Gasteiger charge is -2.06. The molecule has 0 bridgehead atoms. The number of nitrogens with one attached hydrogen (secondary N) is 1. The summed E-state index contributed by atoms with van der Waals surface area (Å²) in [6.45, 7) is 1.83. The van der Waals surface area contributed by atoms with Crippen LogP contribution >= 0.6 is 22.6 Å². The highest BCUT2D eigenvalue weighted by atomic mass is 127. The first-order chi connectivity index (χ1) is 7.08. The molecule has 1 N–H and O–H groups in total. The summed E-state index contributed by atoms with van der Waals surface area (Å²) in [7, 11) is 0. The van der Waals surface area contributed by atoms with E-state index >= 15 is 0 Å². The fourth-order valence-electron chi connectivity index (χ4n) is 1.31. The average Bonchev–Trinajstić information content (AvgIpc) is 2.95. The van der Waals surface area contributed by atoms with Gasteiger partial charge in [-0.3, -0.25) is 4.79 Å². The number of hydrogen-bond acceptors (Lipinski definition) is 1. The molecule has 1 saturated carbocycles. The fourth-order valence-corrected chi connectivity index (χ4v) is 1.78. The Balaban J connectivity index is 2.25. The van der Waals surface area contributed by atoms with Gasteiger partial charge in [-0.05, 0) is 60.1 Å². The molecule has 15 heavy (non-hydrogen) atoms. The summed E-state index contributed by atoms with van der Waals surface area (Å²) in [5.41, 5.74) is 1.01. The zero-order valence-electron chi connectivity index (χ0n) is 8.31. The summed E-state index contributed by atoms with van der Waals surface area (Å²) in [6.07, 6.45) is 2.02. The van der Waals surface area contributed by atoms with Crippen molar-refractivity contribution < 1.29 is 9.18 Å². The van der Waals surface area contributed by atoms with Gasteiger partial charge in [0.15, 0.2) is 0 Å². The highest BCUT2D eigenvalue weighted by Gasteiger charge is 2.25. The van der Waals surface area contributed by atoms with Gasteiger partial charge in [0.05, 0.1) is 5.56 Å². The van der Waals surface area contributed by atoms with E-state index in [-0.39, 0.29) is 17.5 Å². The van der Waals surface area contributed by atoms with Crippen LogP contribution in [0.4, 0.5) is 4.39 Å². The van der Waals surface area contributed by atoms with Crippen molar-refractivity contribution >= 4 is 28.5 Å². The molecular formula is C11H11FINO. The number of rotatable bonds is 2. The van der Waals surface area contributed by atoms with Crippen LogP contribution in [-0.4, -0.2) is 11.9 Å². The molecule has 0 atom stereocenters. The maximum absolute atomic E-state index is 13.5. The zero-order chi connectivity index (χ0) is 11.0. The van der Waals surface area contributed by atoms with E-state index in [0.717, 1.165) is 22.0 Å². The molecule has 2 rings (SSSR count). The smallest absolute Gasteiger partial charge is 0.254 e. The number of hydrogen-bond donors (Lipinski definition) is 1. The second kappa shape index (κ2) is 4.08. The summed E-state index contributed by atoms with van der Waals surface area (Å²) in [4.78, 5) is 11.6. The molecule has 1 aromatic rings. The van der Waals surface area contributed by atoms with Crippen molar-refractivity contribution in [1.82, 2.24) is 5.32 Å². The molecule has 80 valence electrons. The van der Waals surface area contributed by atoms with Gasteiger partial charge in [-0.25, -0.2) is 4.39 Å². The molecule has 0 aliphatic heterocycles. The second-order valence-corrected chi connectivity index (χ2v) is 4.99. The Bertz CT molecular complexity index is 415. The molecule has 0 saturated heterocycles. The molecule has 0 aromatic heterocycles. The summed E-state index contributed by atoms with van der Waals surface area (Å²) < 4.78 is 14.4. The van der Waals surface area contributed by atoms with Crippen LogP contribution in [0.5, 0.6) is 0 Å². The molecule has 0 radical (unpaired) electrons. The van der Waals surface area contributed by atoms with Crippen molar-refractivity contribution in [3.63, 3.8) is 0 Å². The summed E-state index contributed by atoms with van der Waals surface area (Å²) in [5, 5.41) is 2.78. The van der Waals surface area contributed by atoms with E-state index in [1.54, 1.807) is 6.07 Å². The molecule has 1 aliphatic rings. The quantitative estimate of drug-likeness (QED) is 0.834. The van der Waals surface area contributed by atoms with Crippen LogP contribution in [0.1, 0.15) is 28.8 Å². The van der Waals surface area contributed by atoms with Crippen LogP contribution in [0.25, 0.3) is 0 Å². The molecule has 0 heterocycles. The van der Waals surface area contributed by atoms with E-state index in [1.165, 1.54) is 6.07 Å². The molecule has 1 aromatic carbocycles. The molecule has 1 aliphatic carbocycles. The van der Waals surface area contributed by atoms with Crippen molar-refractivity contribution in [2.24, 2.45) is 0 Å². The number of amides is 1. The minimum absolute atomic E-state index is 0.150. The first-order valence-electron chi connectivity index (χ1n) is 4.84. The molecule has 4 heteroatoms. The van der Waals surface area contributed by atoms with Crippen molar-refractivity contribution in [3.8, 4) is 0 Å². The number of carbonyl (C=O) groups excluding carboxylic acids is 1. The van der Waals surface area contributed by atoms with Crippen molar-refractivity contribution in [3.05, 3.63) is 32.6 Å². The standard InChI is InChI=1S/C11H11FINO/c1-6-4-9(12)8(5-10(6)13)11(15)14-7-2-3-7/h4-5,7H,2-3H2,1H3,(H,14,15). The monoisotopic (exact) mass is 319 g/mol. The van der Waals surface area contributed by atoms with Crippen LogP contribution in [0.3, 0.4) is 0 Å². The highest BCUT2D eigenvalue weighted by molar-refractivity contribution is 14.1. The molecule has 2 nitrogen and oxygen atoms in total. The third-order valence-corrected chi connectivity index (χ3v) is 3.57. The van der Waals surface area contributed by atoms with E-state index in [9.17, 15) is 9.18 Å². The molecular weight excluding hydrogens is 308 g/mol. The van der Waals surface area contributed by atoms with Gasteiger partial charge in [-0.1, -0.05) is 0 Å². The summed E-state index contributed by atoms with van der Waals surface area (Å²) >= 11 is 2.10. The predicted molar refractivity (Wildman–Crippen MR) is 64.3 cm³/mol. The Morgan fingerprint density at radius 2 is 2.20 bits per heavy atom. The van der Waals surface area contributed by atoms with Crippen LogP contribution in [-0.2, 0) is 0 Å². The minimum Gasteiger partial charge on any atom is -0.349 e. The molecule has 1 fully saturated rings. The van der Waals surface area contributed by atoms with Crippen LogP contribution in [0.15, 0.2) is 12.1 Å². The predicted octanol–water partition coefficient (Wildman–Crippen LogP) is 2.63. The first-order valence-corrected chi connectivity index (χ1v) is 5.92. The second-order valence-electron chi connectivity index (χ2n) is 3.83. The fraction of sp³-hybridized carbons (Fsp3) is 0.364. The third kappa shape index (κ3) is 2.48. The lowest BCUT2D eigenvalue weighted by atomic mass is 10.1. The van der Waals surface area contributed by atoms with Crippen molar-refractivity contribution in [2.45, 2.75) is 25.8 Å². The Morgan fingerprint density at radius 3 is 2.80 bits per heavy atom. The lowest BCUT2D eigenvalue weighted by Crippen LogP contribution is -2.26. The highest BCUT2D eigenvalue weighted by Crippen LogP contribution is 2.21. The van der Waals surface area contributed by atoms with Crippen molar-refractivity contribution in [2.75, 3.05) is 0 Å². The first kappa shape index (κ1) is 10.9. The number of halogens is 2. The van der Waals surface area contributed by atoms with E-state index < -0.39 is 5.82 Å². The topological polar surface area (TPSA) is 29.1 Å². The van der Waals surface area contributed by atoms with Gasteiger partial charge in [-0.15, -0.1) is 0 Å². The van der Waals surface area contributed by atoms with Gasteiger partial charge in [0.25, 0.3) is 5.91 Å². The Hall–Kier alpha value is -0.650. The van der Waals surface area contributed by atoms with Gasteiger partial charge in [0.1, 0.15) is 5.82 Å². The lowest BCUT2D eigenvalue weighted by molar-refractivity contribution is 0.0947. The van der Waals surface area contributed by atoms with Gasteiger partial charge < -0.3 is 5.32 Å². The largest absolute Gasteiger partial charge is 0.349 e. The number of carbonyl (C=O) groups is 1. The Kier molecular flexibility index (Phi) is 2.95. The van der Waals surface area contributed by atoms with E-state index in [0.29, 0.717) is 0 Å². The van der Waals surface area contributed by atoms with E-state index in [2.05, 4.69) is 27.9 Å². The maximum Gasteiger partial charge on any atom is 0.254 e. The van der Waals surface area contributed by atoms with Gasteiger partial charge in [0.2, 0.25) is 0 Å². The summed E-state index contributed by atoms with van der Waals surface area (Å²) in [5.74, 6) is -0.737. The molecule has 1 amide bonds. The number of aryl methyl sites for hydroxylation is 1. The maximum atomic E-state index is 13.5. The number of benzene rings is 1. The van der Waals surface area contributed by atoms with Crippen LogP contribution in [0.2, 0.25) is 0 Å². The zero-order valence-corrected chi connectivity index (χ0v) is 10.5. The van der Waals surface area contributed by atoms with Gasteiger partial charge >= 0.3 is 0 Å². The van der Waals surface area contributed by atoms with Gasteiger partial charge in [-0.2, -0.15) is 0 Å². The third-order valence-electron chi connectivity index (χ3n) is 2.41. The van der Waals surface area contributed by atoms with E-state index in [4.69, 9.17) is 0 Å². The van der Waals surface area contributed by atoms with Crippen LogP contribution < -0.4 is 5.32 Å². The average molecular weight is 319 g/mol. The van der Waals surface area contributed by atoms with Crippen LogP contribution in [0, 0.1) is 16.3 Å². The normalized spacial score (nSPS) is 15.1. The Morgan fingerprint density at radius 1 is 1.53 bits per heavy atom. The van der Waals surface area contributed by atoms with E-state index in [1.807, 2.05) is 6.92 Å². The molecule has 0 unspecified atom stereocenters. The van der Waals surface area contributed by atoms with Crippen molar-refractivity contribution in [1.29, 1.82) is 0 Å². The van der Waals surface area contributed by atoms with Gasteiger partial charge in [0, 0.05) is 9.61 Å². The SMILES string of the molecule is Cc1cc(F)c(C(=O)NC2CC2)cc1I. The Labute approximate surface area is 101 Å². The summed E-state index contributed by atoms with van der Waals surface area (Å²) in [6, 6.07) is 3.27.